The molecule has 0 aliphatic carbocycles. The molecular weight excluding hydrogens is 396 g/mol. The third kappa shape index (κ3) is 5.78. The highest BCUT2D eigenvalue weighted by atomic mass is 16.6. The minimum Gasteiger partial charge on any atom is -0.486 e. The summed E-state index contributed by atoms with van der Waals surface area (Å²) in [5.74, 6) is 0.358. The van der Waals surface area contributed by atoms with Gasteiger partial charge in [-0.3, -0.25) is 4.79 Å². The Morgan fingerprint density at radius 2 is 1.71 bits per heavy atom. The van der Waals surface area contributed by atoms with Crippen LogP contribution in [0.3, 0.4) is 0 Å². The molecule has 2 heterocycles. The molecule has 2 aromatic rings. The van der Waals surface area contributed by atoms with Crippen molar-refractivity contribution < 1.29 is 23.8 Å². The van der Waals surface area contributed by atoms with Crippen molar-refractivity contribution in [3.8, 4) is 11.5 Å². The Morgan fingerprint density at radius 3 is 2.48 bits per heavy atom. The number of benzene rings is 2. The number of fused-ring (bicyclic) bond motifs is 1. The minimum atomic E-state index is -0.592. The van der Waals surface area contributed by atoms with Crippen LogP contribution < -0.4 is 19.7 Å². The molecule has 1 saturated heterocycles. The van der Waals surface area contributed by atoms with Gasteiger partial charge in [0.15, 0.2) is 18.1 Å². The maximum Gasteiger partial charge on any atom is 0.331 e. The third-order valence-corrected chi connectivity index (χ3v) is 5.20. The predicted octanol–water partition coefficient (Wildman–Crippen LogP) is 3.64. The van der Waals surface area contributed by atoms with Gasteiger partial charge >= 0.3 is 5.97 Å². The number of piperidine rings is 1. The number of nitrogens with one attached hydrogen (secondary N) is 1. The van der Waals surface area contributed by atoms with E-state index in [2.05, 4.69) is 10.2 Å². The fraction of sp³-hybridized carbons (Fsp3) is 0.333. The van der Waals surface area contributed by atoms with Gasteiger partial charge < -0.3 is 24.4 Å². The van der Waals surface area contributed by atoms with Crippen molar-refractivity contribution in [2.75, 3.05) is 43.1 Å². The van der Waals surface area contributed by atoms with Gasteiger partial charge in [0.2, 0.25) is 0 Å². The van der Waals surface area contributed by atoms with E-state index in [1.165, 1.54) is 25.3 Å². The number of esters is 1. The van der Waals surface area contributed by atoms with Crippen molar-refractivity contribution in [2.24, 2.45) is 0 Å². The Balaban J connectivity index is 1.23. The van der Waals surface area contributed by atoms with Crippen LogP contribution in [-0.2, 0) is 14.3 Å². The van der Waals surface area contributed by atoms with Crippen molar-refractivity contribution in [3.05, 3.63) is 54.1 Å². The molecule has 1 N–H and O–H groups in total. The van der Waals surface area contributed by atoms with Gasteiger partial charge in [0.25, 0.3) is 5.91 Å². The molecule has 7 heteroatoms. The Hall–Kier alpha value is -3.48. The lowest BCUT2D eigenvalue weighted by molar-refractivity contribution is -0.142. The zero-order valence-corrected chi connectivity index (χ0v) is 17.3. The van der Waals surface area contributed by atoms with Crippen molar-refractivity contribution in [3.63, 3.8) is 0 Å². The summed E-state index contributed by atoms with van der Waals surface area (Å²) < 4.78 is 16.0. The van der Waals surface area contributed by atoms with Crippen LogP contribution in [0, 0.1) is 0 Å². The largest absolute Gasteiger partial charge is 0.486 e. The van der Waals surface area contributed by atoms with Crippen LogP contribution in [0.5, 0.6) is 11.5 Å². The smallest absolute Gasteiger partial charge is 0.331 e. The van der Waals surface area contributed by atoms with Crippen molar-refractivity contribution in [2.45, 2.75) is 19.3 Å². The molecule has 0 saturated carbocycles. The monoisotopic (exact) mass is 422 g/mol. The van der Waals surface area contributed by atoms with Gasteiger partial charge in [0.05, 0.1) is 0 Å². The average Bonchev–Trinajstić information content (AvgIpc) is 2.82. The van der Waals surface area contributed by atoms with Gasteiger partial charge in [-0.2, -0.15) is 0 Å². The fourth-order valence-corrected chi connectivity index (χ4v) is 3.62. The SMILES string of the molecule is O=C(COC(=O)/C=C/c1ccc2c(c1)OCCO2)Nc1ccc(N2CCCCC2)cc1. The molecule has 162 valence electrons. The van der Waals surface area contributed by atoms with Gasteiger partial charge in [-0.25, -0.2) is 4.79 Å². The van der Waals surface area contributed by atoms with E-state index < -0.39 is 5.97 Å². The molecule has 7 nitrogen and oxygen atoms in total. The summed E-state index contributed by atoms with van der Waals surface area (Å²) >= 11 is 0. The summed E-state index contributed by atoms with van der Waals surface area (Å²) in [6.45, 7) is 2.82. The lowest BCUT2D eigenvalue weighted by atomic mass is 10.1. The number of rotatable bonds is 6. The van der Waals surface area contributed by atoms with Crippen LogP contribution in [0.2, 0.25) is 0 Å². The van der Waals surface area contributed by atoms with Gasteiger partial charge in [-0.15, -0.1) is 0 Å². The van der Waals surface area contributed by atoms with E-state index in [9.17, 15) is 9.59 Å². The summed E-state index contributed by atoms with van der Waals surface area (Å²) in [6, 6.07) is 13.1. The summed E-state index contributed by atoms with van der Waals surface area (Å²) in [5.41, 5.74) is 2.61. The molecule has 0 spiro atoms. The Bertz CT molecular complexity index is 949. The quantitative estimate of drug-likeness (QED) is 0.566. The van der Waals surface area contributed by atoms with Crippen LogP contribution in [0.15, 0.2) is 48.5 Å². The van der Waals surface area contributed by atoms with E-state index in [4.69, 9.17) is 14.2 Å². The Labute approximate surface area is 181 Å². The molecule has 0 bridgehead atoms. The van der Waals surface area contributed by atoms with Crippen LogP contribution in [0.25, 0.3) is 6.08 Å². The first kappa shape index (κ1) is 20.8. The second-order valence-electron chi connectivity index (χ2n) is 7.49. The predicted molar refractivity (Wildman–Crippen MR) is 119 cm³/mol. The molecule has 0 radical (unpaired) electrons. The summed E-state index contributed by atoms with van der Waals surface area (Å²) in [7, 11) is 0. The number of hydrogen-bond acceptors (Lipinski definition) is 6. The van der Waals surface area contributed by atoms with Gasteiger partial charge in [0.1, 0.15) is 13.2 Å². The molecule has 1 amide bonds. The Kier molecular flexibility index (Phi) is 6.72. The second-order valence-corrected chi connectivity index (χ2v) is 7.49. The number of carbonyl (C=O) groups is 2. The number of amides is 1. The van der Waals surface area contributed by atoms with Crippen molar-refractivity contribution in [1.82, 2.24) is 0 Å². The van der Waals surface area contributed by atoms with Gasteiger partial charge in [0, 0.05) is 30.5 Å². The van der Waals surface area contributed by atoms with E-state index in [1.807, 2.05) is 30.3 Å². The van der Waals surface area contributed by atoms with Gasteiger partial charge in [-0.05, 0) is 67.3 Å². The molecule has 2 aliphatic rings. The summed E-state index contributed by atoms with van der Waals surface area (Å²) in [6.07, 6.45) is 6.61. The second kappa shape index (κ2) is 10.0. The van der Waals surface area contributed by atoms with E-state index in [-0.39, 0.29) is 12.5 Å². The van der Waals surface area contributed by atoms with Crippen LogP contribution in [0.1, 0.15) is 24.8 Å². The maximum atomic E-state index is 12.1. The van der Waals surface area contributed by atoms with Crippen LogP contribution in [0.4, 0.5) is 11.4 Å². The molecule has 2 aromatic carbocycles. The summed E-state index contributed by atoms with van der Waals surface area (Å²) in [4.78, 5) is 26.4. The highest BCUT2D eigenvalue weighted by Crippen LogP contribution is 2.31. The number of anilines is 2. The van der Waals surface area contributed by atoms with E-state index in [0.29, 0.717) is 30.4 Å². The fourth-order valence-electron chi connectivity index (χ4n) is 3.62. The number of ether oxygens (including phenoxy) is 3. The highest BCUT2D eigenvalue weighted by molar-refractivity contribution is 5.94. The van der Waals surface area contributed by atoms with Crippen molar-refractivity contribution >= 4 is 29.3 Å². The zero-order chi connectivity index (χ0) is 21.5. The average molecular weight is 422 g/mol. The normalized spacial score (nSPS) is 15.5. The minimum absolute atomic E-state index is 0.349. The standard InChI is InChI=1S/C24H26N2O5/c27-23(25-19-6-8-20(9-7-19)26-12-2-1-3-13-26)17-31-24(28)11-5-18-4-10-21-22(16-18)30-15-14-29-21/h4-11,16H,1-3,12-15,17H2,(H,25,27)/b11-5+. The summed E-state index contributed by atoms with van der Waals surface area (Å²) in [5, 5.41) is 2.75. The number of nitrogens with zero attached hydrogens (tertiary/aromatic N) is 1. The first-order chi connectivity index (χ1) is 15.2. The zero-order valence-electron chi connectivity index (χ0n) is 17.3. The van der Waals surface area contributed by atoms with E-state index in [0.717, 1.165) is 24.3 Å². The molecule has 2 aliphatic heterocycles. The first-order valence-electron chi connectivity index (χ1n) is 10.6. The third-order valence-electron chi connectivity index (χ3n) is 5.20. The number of hydrogen-bond donors (Lipinski definition) is 1. The lowest BCUT2D eigenvalue weighted by Gasteiger charge is -2.28. The highest BCUT2D eigenvalue weighted by Gasteiger charge is 2.12. The van der Waals surface area contributed by atoms with E-state index in [1.54, 1.807) is 18.2 Å². The van der Waals surface area contributed by atoms with E-state index >= 15 is 0 Å². The molecule has 31 heavy (non-hydrogen) atoms. The molecule has 0 atom stereocenters. The maximum absolute atomic E-state index is 12.1. The van der Waals surface area contributed by atoms with Crippen LogP contribution >= 0.6 is 0 Å². The Morgan fingerprint density at radius 1 is 0.968 bits per heavy atom. The molecular formula is C24H26N2O5. The molecule has 0 unspecified atom stereocenters. The van der Waals surface area contributed by atoms with Gasteiger partial charge in [-0.1, -0.05) is 6.07 Å². The number of carbonyl (C=O) groups excluding carboxylic acids is 2. The molecule has 1 fully saturated rings. The van der Waals surface area contributed by atoms with Crippen molar-refractivity contribution in [1.29, 1.82) is 0 Å². The topological polar surface area (TPSA) is 77.1 Å². The molecule has 4 rings (SSSR count). The first-order valence-corrected chi connectivity index (χ1v) is 10.6. The lowest BCUT2D eigenvalue weighted by Crippen LogP contribution is -2.29. The van der Waals surface area contributed by atoms with Crippen LogP contribution in [-0.4, -0.2) is 44.8 Å². The molecule has 0 aromatic heterocycles.